The Hall–Kier alpha value is -1.56. The first kappa shape index (κ1) is 14.8. The monoisotopic (exact) mass is 341 g/mol. The summed E-state index contributed by atoms with van der Waals surface area (Å²) >= 11 is 3.33. The lowest BCUT2D eigenvalue weighted by atomic mass is 10.1. The van der Waals surface area contributed by atoms with E-state index in [0.29, 0.717) is 25.3 Å². The molecule has 1 unspecified atom stereocenters. The fourth-order valence-electron chi connectivity index (χ4n) is 2.11. The van der Waals surface area contributed by atoms with Crippen molar-refractivity contribution in [1.29, 1.82) is 0 Å². The molecule has 0 N–H and O–H groups in total. The van der Waals surface area contributed by atoms with Crippen LogP contribution < -0.4 is 4.74 Å². The topological polar surface area (TPSA) is 55.8 Å². The number of hydrogen-bond donors (Lipinski definition) is 0. The molecule has 108 valence electrons. The first-order chi connectivity index (χ1) is 9.60. The lowest BCUT2D eigenvalue weighted by Gasteiger charge is -2.16. The van der Waals surface area contributed by atoms with Gasteiger partial charge in [0.25, 0.3) is 5.91 Å². The highest BCUT2D eigenvalue weighted by Crippen LogP contribution is 2.19. The van der Waals surface area contributed by atoms with Crippen LogP contribution in [0.1, 0.15) is 6.42 Å². The summed E-state index contributed by atoms with van der Waals surface area (Å²) < 4.78 is 11.1. The molecule has 1 aliphatic heterocycles. The Balaban J connectivity index is 1.81. The van der Waals surface area contributed by atoms with Crippen LogP contribution in [0.2, 0.25) is 0 Å². The molecule has 1 amide bonds. The second kappa shape index (κ2) is 6.74. The van der Waals surface area contributed by atoms with Gasteiger partial charge >= 0.3 is 5.97 Å². The predicted octanol–water partition coefficient (Wildman–Crippen LogP) is 1.85. The highest BCUT2D eigenvalue weighted by Gasteiger charge is 2.31. The number of rotatable bonds is 4. The normalized spacial score (nSPS) is 17.9. The molecule has 0 saturated carbocycles. The lowest BCUT2D eigenvalue weighted by Crippen LogP contribution is -2.34. The van der Waals surface area contributed by atoms with Gasteiger partial charge in [-0.3, -0.25) is 9.59 Å². The molecule has 1 aliphatic rings. The number of hydrogen-bond acceptors (Lipinski definition) is 4. The molecule has 1 fully saturated rings. The second-order valence-corrected chi connectivity index (χ2v) is 5.51. The van der Waals surface area contributed by atoms with Crippen molar-refractivity contribution >= 4 is 27.8 Å². The molecule has 5 nitrogen and oxygen atoms in total. The van der Waals surface area contributed by atoms with Gasteiger partial charge in [0.15, 0.2) is 6.61 Å². The number of esters is 1. The molecule has 1 aromatic carbocycles. The lowest BCUT2D eigenvalue weighted by molar-refractivity contribution is -0.145. The van der Waals surface area contributed by atoms with E-state index in [9.17, 15) is 9.59 Å². The molecule has 0 spiro atoms. The van der Waals surface area contributed by atoms with Crippen molar-refractivity contribution in [3.05, 3.63) is 28.7 Å². The largest absolute Gasteiger partial charge is 0.484 e. The van der Waals surface area contributed by atoms with Crippen LogP contribution in [-0.4, -0.2) is 43.6 Å². The van der Waals surface area contributed by atoms with Gasteiger partial charge in [0.05, 0.1) is 13.0 Å². The fourth-order valence-corrected chi connectivity index (χ4v) is 2.38. The van der Waals surface area contributed by atoms with Gasteiger partial charge in [-0.1, -0.05) is 15.9 Å². The summed E-state index contributed by atoms with van der Waals surface area (Å²) in [4.78, 5) is 25.0. The number of carbonyl (C=O) groups is 2. The van der Waals surface area contributed by atoms with E-state index in [-0.39, 0.29) is 24.4 Å². The minimum atomic E-state index is -0.255. The predicted molar refractivity (Wildman–Crippen MR) is 76.3 cm³/mol. The van der Waals surface area contributed by atoms with Crippen LogP contribution in [0.25, 0.3) is 0 Å². The Morgan fingerprint density at radius 3 is 2.70 bits per heavy atom. The number of carbonyl (C=O) groups excluding carboxylic acids is 2. The van der Waals surface area contributed by atoms with Crippen molar-refractivity contribution in [2.24, 2.45) is 5.92 Å². The van der Waals surface area contributed by atoms with Crippen LogP contribution in [0.15, 0.2) is 28.7 Å². The quantitative estimate of drug-likeness (QED) is 0.784. The summed E-state index contributed by atoms with van der Waals surface area (Å²) in [5.74, 6) is 0.0651. The third-order valence-electron chi connectivity index (χ3n) is 3.25. The Labute approximate surface area is 126 Å². The molecule has 20 heavy (non-hydrogen) atoms. The standard InChI is InChI=1S/C14H16BrNO4/c1-19-14(18)10-6-7-16(8-10)13(17)9-20-12-4-2-11(15)3-5-12/h2-5,10H,6-9H2,1H3. The zero-order chi connectivity index (χ0) is 14.5. The number of methoxy groups -OCH3 is 1. The van der Waals surface area contributed by atoms with Crippen LogP contribution in [0.5, 0.6) is 5.75 Å². The number of amides is 1. The van der Waals surface area contributed by atoms with Crippen LogP contribution in [0.3, 0.4) is 0 Å². The van der Waals surface area contributed by atoms with Gasteiger partial charge in [0.2, 0.25) is 0 Å². The summed E-state index contributed by atoms with van der Waals surface area (Å²) in [6, 6.07) is 7.28. The summed E-state index contributed by atoms with van der Waals surface area (Å²) in [6.45, 7) is 0.965. The Kier molecular flexibility index (Phi) is 5.00. The number of benzene rings is 1. The molecule has 2 rings (SSSR count). The van der Waals surface area contributed by atoms with Crippen molar-refractivity contribution in [2.75, 3.05) is 26.8 Å². The minimum Gasteiger partial charge on any atom is -0.484 e. The van der Waals surface area contributed by atoms with E-state index in [4.69, 9.17) is 9.47 Å². The molecular formula is C14H16BrNO4. The van der Waals surface area contributed by atoms with Crippen LogP contribution >= 0.6 is 15.9 Å². The fraction of sp³-hybridized carbons (Fsp3) is 0.429. The maximum Gasteiger partial charge on any atom is 0.310 e. The van der Waals surface area contributed by atoms with Crippen LogP contribution in [-0.2, 0) is 14.3 Å². The van der Waals surface area contributed by atoms with Gasteiger partial charge in [0.1, 0.15) is 5.75 Å². The van der Waals surface area contributed by atoms with Crippen molar-refractivity contribution in [3.8, 4) is 5.75 Å². The average Bonchev–Trinajstić information content (AvgIpc) is 2.95. The van der Waals surface area contributed by atoms with Crippen molar-refractivity contribution in [2.45, 2.75) is 6.42 Å². The maximum atomic E-state index is 12.0. The smallest absolute Gasteiger partial charge is 0.310 e. The first-order valence-corrected chi connectivity index (χ1v) is 7.13. The molecule has 1 saturated heterocycles. The van der Waals surface area contributed by atoms with E-state index in [0.717, 1.165) is 4.47 Å². The van der Waals surface area contributed by atoms with E-state index in [1.54, 1.807) is 17.0 Å². The molecule has 0 radical (unpaired) electrons. The third kappa shape index (κ3) is 3.72. The van der Waals surface area contributed by atoms with Gasteiger partial charge < -0.3 is 14.4 Å². The van der Waals surface area contributed by atoms with E-state index >= 15 is 0 Å². The van der Waals surface area contributed by atoms with Crippen LogP contribution in [0.4, 0.5) is 0 Å². The van der Waals surface area contributed by atoms with Crippen molar-refractivity contribution in [3.63, 3.8) is 0 Å². The highest BCUT2D eigenvalue weighted by atomic mass is 79.9. The molecule has 0 bridgehead atoms. The zero-order valence-corrected chi connectivity index (χ0v) is 12.8. The number of halogens is 1. The highest BCUT2D eigenvalue weighted by molar-refractivity contribution is 9.10. The van der Waals surface area contributed by atoms with Crippen LogP contribution in [0, 0.1) is 5.92 Å². The summed E-state index contributed by atoms with van der Waals surface area (Å²) in [7, 11) is 1.36. The van der Waals surface area contributed by atoms with E-state index in [1.807, 2.05) is 12.1 Å². The van der Waals surface area contributed by atoms with E-state index in [2.05, 4.69) is 15.9 Å². The SMILES string of the molecule is COC(=O)C1CCN(C(=O)COc2ccc(Br)cc2)C1. The van der Waals surface area contributed by atoms with Gasteiger partial charge in [-0.2, -0.15) is 0 Å². The molecule has 1 atom stereocenters. The summed E-state index contributed by atoms with van der Waals surface area (Å²) in [5.41, 5.74) is 0. The van der Waals surface area contributed by atoms with Gasteiger partial charge in [-0.25, -0.2) is 0 Å². The second-order valence-electron chi connectivity index (χ2n) is 4.59. The zero-order valence-electron chi connectivity index (χ0n) is 11.2. The Bertz CT molecular complexity index is 488. The Morgan fingerprint density at radius 1 is 1.35 bits per heavy atom. The van der Waals surface area contributed by atoms with E-state index < -0.39 is 0 Å². The number of ether oxygens (including phenoxy) is 2. The Morgan fingerprint density at radius 2 is 2.05 bits per heavy atom. The average molecular weight is 342 g/mol. The summed E-state index contributed by atoms with van der Waals surface area (Å²) in [6.07, 6.45) is 0.650. The first-order valence-electron chi connectivity index (χ1n) is 6.34. The van der Waals surface area contributed by atoms with Crippen molar-refractivity contribution < 1.29 is 19.1 Å². The molecule has 6 heteroatoms. The number of nitrogens with zero attached hydrogens (tertiary/aromatic N) is 1. The van der Waals surface area contributed by atoms with Gasteiger partial charge in [-0.05, 0) is 30.7 Å². The molecule has 1 heterocycles. The van der Waals surface area contributed by atoms with Gasteiger partial charge in [0, 0.05) is 17.6 Å². The van der Waals surface area contributed by atoms with Gasteiger partial charge in [-0.15, -0.1) is 0 Å². The van der Waals surface area contributed by atoms with E-state index in [1.165, 1.54) is 7.11 Å². The summed E-state index contributed by atoms with van der Waals surface area (Å²) in [5, 5.41) is 0. The third-order valence-corrected chi connectivity index (χ3v) is 3.78. The number of likely N-dealkylation sites (tertiary alicyclic amines) is 1. The maximum absolute atomic E-state index is 12.0. The van der Waals surface area contributed by atoms with Crippen molar-refractivity contribution in [1.82, 2.24) is 4.90 Å². The molecular weight excluding hydrogens is 326 g/mol. The molecule has 0 aromatic heterocycles. The minimum absolute atomic E-state index is 0.0183. The molecule has 1 aromatic rings. The molecule has 0 aliphatic carbocycles.